The van der Waals surface area contributed by atoms with E-state index in [1.807, 2.05) is 0 Å². The van der Waals surface area contributed by atoms with Gasteiger partial charge < -0.3 is 15.0 Å². The summed E-state index contributed by atoms with van der Waals surface area (Å²) in [4.78, 5) is 36.7. The van der Waals surface area contributed by atoms with Gasteiger partial charge in [0.05, 0.1) is 18.6 Å². The van der Waals surface area contributed by atoms with E-state index in [4.69, 9.17) is 0 Å². The highest BCUT2D eigenvalue weighted by molar-refractivity contribution is 8.04. The molecule has 6 nitrogen and oxygen atoms in total. The average molecular weight is 298 g/mol. The van der Waals surface area contributed by atoms with Crippen LogP contribution in [-0.4, -0.2) is 48.1 Å². The van der Waals surface area contributed by atoms with E-state index in [0.29, 0.717) is 5.03 Å². The summed E-state index contributed by atoms with van der Waals surface area (Å²) in [5.74, 6) is -0.759. The molecule has 1 N–H and O–H groups in total. The number of nitrogens with one attached hydrogen (secondary N) is 1. The lowest BCUT2D eigenvalue weighted by Gasteiger charge is -2.25. The first kappa shape index (κ1) is 14.9. The lowest BCUT2D eigenvalue weighted by molar-refractivity contribution is -0.141. The Morgan fingerprint density at radius 3 is 2.75 bits per heavy atom. The van der Waals surface area contributed by atoms with Crippen LogP contribution in [0.2, 0.25) is 0 Å². The second-order valence-corrected chi connectivity index (χ2v) is 6.02. The topological polar surface area (TPSA) is 75.7 Å². The zero-order valence-electron chi connectivity index (χ0n) is 11.4. The maximum atomic E-state index is 12.0. The molecule has 2 amide bonds. The highest BCUT2D eigenvalue weighted by atomic mass is 32.2. The smallest absolute Gasteiger partial charge is 0.307 e. The predicted molar refractivity (Wildman–Crippen MR) is 74.7 cm³/mol. The van der Waals surface area contributed by atoms with Crippen LogP contribution in [-0.2, 0) is 19.1 Å². The van der Waals surface area contributed by atoms with Crippen molar-refractivity contribution in [1.29, 1.82) is 0 Å². The van der Waals surface area contributed by atoms with Crippen LogP contribution in [0.25, 0.3) is 0 Å². The number of thioether (sulfide) groups is 1. The van der Waals surface area contributed by atoms with Gasteiger partial charge in [-0.15, -0.1) is 0 Å². The molecule has 0 aromatic carbocycles. The third kappa shape index (κ3) is 3.75. The van der Waals surface area contributed by atoms with Crippen molar-refractivity contribution < 1.29 is 19.1 Å². The van der Waals surface area contributed by atoms with Crippen LogP contribution < -0.4 is 5.32 Å². The molecule has 0 aromatic rings. The minimum absolute atomic E-state index is 0.0161. The number of methoxy groups -OCH3 is 1. The van der Waals surface area contributed by atoms with Crippen molar-refractivity contribution in [2.24, 2.45) is 0 Å². The highest BCUT2D eigenvalue weighted by Gasteiger charge is 2.32. The fourth-order valence-corrected chi connectivity index (χ4v) is 3.22. The average Bonchev–Trinajstić information content (AvgIpc) is 2.79. The normalized spacial score (nSPS) is 24.6. The maximum Gasteiger partial charge on any atom is 0.307 e. The highest BCUT2D eigenvalue weighted by Crippen LogP contribution is 2.29. The Hall–Kier alpha value is -1.50. The zero-order chi connectivity index (χ0) is 14.5. The Balaban J connectivity index is 1.93. The van der Waals surface area contributed by atoms with Gasteiger partial charge in [-0.2, -0.15) is 0 Å². The molecule has 2 heterocycles. The molecule has 0 aromatic heterocycles. The summed E-state index contributed by atoms with van der Waals surface area (Å²) >= 11 is 1.21. The number of carbonyl (C=O) groups is 3. The minimum atomic E-state index is -0.511. The van der Waals surface area contributed by atoms with Crippen molar-refractivity contribution in [3.8, 4) is 0 Å². The van der Waals surface area contributed by atoms with E-state index >= 15 is 0 Å². The first-order chi connectivity index (χ1) is 9.60. The Morgan fingerprint density at radius 1 is 1.40 bits per heavy atom. The second kappa shape index (κ2) is 6.78. The summed E-state index contributed by atoms with van der Waals surface area (Å²) in [5.41, 5.74) is 0. The van der Waals surface area contributed by atoms with Gasteiger partial charge >= 0.3 is 5.97 Å². The number of likely N-dealkylation sites (tertiary alicyclic amines) is 1. The summed E-state index contributed by atoms with van der Waals surface area (Å²) in [7, 11) is 1.29. The lowest BCUT2D eigenvalue weighted by Crippen LogP contribution is -2.34. The molecule has 7 heteroatoms. The molecule has 0 saturated carbocycles. The van der Waals surface area contributed by atoms with Gasteiger partial charge in [0.1, 0.15) is 5.25 Å². The molecule has 110 valence electrons. The summed E-state index contributed by atoms with van der Waals surface area (Å²) in [5, 5.41) is 2.64. The Kier molecular flexibility index (Phi) is 5.05. The summed E-state index contributed by atoms with van der Waals surface area (Å²) in [6.45, 7) is 1.54. The third-order valence-electron chi connectivity index (χ3n) is 3.31. The fraction of sp³-hybridized carbons (Fsp3) is 0.615. The lowest BCUT2D eigenvalue weighted by atomic mass is 10.1. The van der Waals surface area contributed by atoms with Gasteiger partial charge in [-0.1, -0.05) is 11.8 Å². The summed E-state index contributed by atoms with van der Waals surface area (Å²) in [6, 6.07) is 0. The van der Waals surface area contributed by atoms with Crippen LogP contribution in [0.15, 0.2) is 11.1 Å². The molecule has 2 aliphatic rings. The van der Waals surface area contributed by atoms with Crippen LogP contribution in [0.5, 0.6) is 0 Å². The van der Waals surface area contributed by atoms with E-state index in [2.05, 4.69) is 10.1 Å². The molecule has 2 aliphatic heterocycles. The molecule has 2 saturated heterocycles. The van der Waals surface area contributed by atoms with Crippen molar-refractivity contribution in [3.63, 3.8) is 0 Å². The largest absolute Gasteiger partial charge is 0.469 e. The van der Waals surface area contributed by atoms with E-state index in [-0.39, 0.29) is 18.2 Å². The maximum absolute atomic E-state index is 12.0. The van der Waals surface area contributed by atoms with Crippen LogP contribution in [0.3, 0.4) is 0 Å². The molecule has 0 spiro atoms. The SMILES string of the molecule is COC(=O)C[C@@H]1S/C(=C/C(=O)N2CCCCC2)NC1=O. The van der Waals surface area contributed by atoms with Crippen molar-refractivity contribution in [1.82, 2.24) is 10.2 Å². The molecule has 20 heavy (non-hydrogen) atoms. The molecular weight excluding hydrogens is 280 g/mol. The molecule has 1 atom stereocenters. The van der Waals surface area contributed by atoms with E-state index in [9.17, 15) is 14.4 Å². The molecule has 0 unspecified atom stereocenters. The van der Waals surface area contributed by atoms with E-state index in [1.54, 1.807) is 4.90 Å². The van der Waals surface area contributed by atoms with Gasteiger partial charge in [0.25, 0.3) is 0 Å². The van der Waals surface area contributed by atoms with Crippen LogP contribution in [0.1, 0.15) is 25.7 Å². The molecule has 2 rings (SSSR count). The van der Waals surface area contributed by atoms with Crippen LogP contribution >= 0.6 is 11.8 Å². The zero-order valence-corrected chi connectivity index (χ0v) is 12.2. The molecular formula is C13H18N2O4S. The van der Waals surface area contributed by atoms with Crippen LogP contribution in [0, 0.1) is 0 Å². The first-order valence-electron chi connectivity index (χ1n) is 6.65. The fourth-order valence-electron chi connectivity index (χ4n) is 2.20. The number of nitrogens with zero attached hydrogens (tertiary/aromatic N) is 1. The Bertz CT molecular complexity index is 444. The number of piperidine rings is 1. The minimum Gasteiger partial charge on any atom is -0.469 e. The second-order valence-electron chi connectivity index (χ2n) is 4.77. The number of amides is 2. The monoisotopic (exact) mass is 298 g/mol. The van der Waals surface area contributed by atoms with Gasteiger partial charge in [-0.3, -0.25) is 14.4 Å². The molecule has 0 aliphatic carbocycles. The van der Waals surface area contributed by atoms with Crippen molar-refractivity contribution in [2.75, 3.05) is 20.2 Å². The predicted octanol–water partition coefficient (Wildman–Crippen LogP) is 0.635. The third-order valence-corrected chi connectivity index (χ3v) is 4.45. The molecule has 0 bridgehead atoms. The number of ether oxygens (including phenoxy) is 1. The summed E-state index contributed by atoms with van der Waals surface area (Å²) in [6.07, 6.45) is 4.68. The number of rotatable bonds is 3. The van der Waals surface area contributed by atoms with Crippen molar-refractivity contribution >= 4 is 29.5 Å². The Morgan fingerprint density at radius 2 is 2.10 bits per heavy atom. The van der Waals surface area contributed by atoms with E-state index < -0.39 is 11.2 Å². The van der Waals surface area contributed by atoms with Crippen LogP contribution in [0.4, 0.5) is 0 Å². The number of esters is 1. The van der Waals surface area contributed by atoms with Gasteiger partial charge in [0, 0.05) is 19.2 Å². The van der Waals surface area contributed by atoms with Gasteiger partial charge in [-0.25, -0.2) is 0 Å². The van der Waals surface area contributed by atoms with E-state index in [0.717, 1.165) is 32.4 Å². The van der Waals surface area contributed by atoms with Gasteiger partial charge in [0.2, 0.25) is 11.8 Å². The van der Waals surface area contributed by atoms with E-state index in [1.165, 1.54) is 24.9 Å². The first-order valence-corrected chi connectivity index (χ1v) is 7.53. The molecule has 2 fully saturated rings. The van der Waals surface area contributed by atoms with Crippen molar-refractivity contribution in [2.45, 2.75) is 30.9 Å². The van der Waals surface area contributed by atoms with Gasteiger partial charge in [-0.05, 0) is 19.3 Å². The standard InChI is InChI=1S/C13H18N2O4S/c1-19-12(17)7-9-13(18)14-10(20-9)8-11(16)15-5-3-2-4-6-15/h8-9H,2-7H2,1H3,(H,14,18)/b10-8+/t9-/m0/s1. The number of carbonyl (C=O) groups excluding carboxylic acids is 3. The van der Waals surface area contributed by atoms with Gasteiger partial charge in [0.15, 0.2) is 0 Å². The number of hydrogen-bond donors (Lipinski definition) is 1. The Labute approximate surface area is 121 Å². The summed E-state index contributed by atoms with van der Waals surface area (Å²) < 4.78 is 4.55. The van der Waals surface area contributed by atoms with Crippen molar-refractivity contribution in [3.05, 3.63) is 11.1 Å². The molecule has 0 radical (unpaired) electrons. The quantitative estimate of drug-likeness (QED) is 0.611. The number of hydrogen-bond acceptors (Lipinski definition) is 5.